The zero-order chi connectivity index (χ0) is 9.90. The predicted molar refractivity (Wildman–Crippen MR) is 51.6 cm³/mol. The van der Waals surface area contributed by atoms with Gasteiger partial charge in [-0.15, -0.1) is 0 Å². The second-order valence-corrected chi connectivity index (χ2v) is 3.53. The third-order valence-corrected chi connectivity index (χ3v) is 1.94. The van der Waals surface area contributed by atoms with Gasteiger partial charge in [0.1, 0.15) is 5.75 Å². The molecule has 6 heteroatoms. The Labute approximate surface area is 82.6 Å². The molecular formula is C8H12O5S. The van der Waals surface area contributed by atoms with Gasteiger partial charge >= 0.3 is 10.4 Å². The second kappa shape index (κ2) is 4.94. The molecule has 0 aromatic heterocycles. The highest BCUT2D eigenvalue weighted by atomic mass is 32.3. The summed E-state index contributed by atoms with van der Waals surface area (Å²) >= 11 is 0. The van der Waals surface area contributed by atoms with Gasteiger partial charge in [0.25, 0.3) is 0 Å². The molecule has 3 N–H and O–H groups in total. The zero-order valence-corrected chi connectivity index (χ0v) is 8.41. The van der Waals surface area contributed by atoms with Crippen molar-refractivity contribution in [2.75, 3.05) is 0 Å². The lowest BCUT2D eigenvalue weighted by Gasteiger charge is -2.01. The van der Waals surface area contributed by atoms with E-state index < -0.39 is 10.4 Å². The lowest BCUT2D eigenvalue weighted by atomic mass is 10.2. The first-order valence-corrected chi connectivity index (χ1v) is 5.13. The van der Waals surface area contributed by atoms with E-state index in [9.17, 15) is 8.42 Å². The van der Waals surface area contributed by atoms with Crippen molar-refractivity contribution in [1.82, 2.24) is 0 Å². The fourth-order valence-electron chi connectivity index (χ4n) is 0.902. The Morgan fingerprint density at radius 3 is 2.14 bits per heavy atom. The van der Waals surface area contributed by atoms with Crippen LogP contribution in [0.1, 0.15) is 12.5 Å². The first kappa shape index (κ1) is 12.9. The first-order chi connectivity index (χ1) is 6.01. The van der Waals surface area contributed by atoms with E-state index in [1.807, 2.05) is 6.92 Å². The molecule has 14 heavy (non-hydrogen) atoms. The molecule has 0 aliphatic carbocycles. The predicted octanol–water partition coefficient (Wildman–Crippen LogP) is 0.606. The van der Waals surface area contributed by atoms with E-state index in [4.69, 9.17) is 4.55 Å². The molecule has 0 unspecified atom stereocenters. The van der Waals surface area contributed by atoms with Crippen molar-refractivity contribution < 1.29 is 22.6 Å². The Balaban J connectivity index is 0.00000169. The average molecular weight is 220 g/mol. The van der Waals surface area contributed by atoms with Crippen molar-refractivity contribution >= 4 is 10.4 Å². The van der Waals surface area contributed by atoms with Crippen molar-refractivity contribution in [3.05, 3.63) is 29.8 Å². The summed E-state index contributed by atoms with van der Waals surface area (Å²) in [5.41, 5.74) is 1.07. The minimum atomic E-state index is -4.40. The molecular weight excluding hydrogens is 208 g/mol. The molecule has 0 atom stereocenters. The highest BCUT2D eigenvalue weighted by molar-refractivity contribution is 7.81. The van der Waals surface area contributed by atoms with Gasteiger partial charge in [-0.3, -0.25) is 4.55 Å². The summed E-state index contributed by atoms with van der Waals surface area (Å²) in [6, 6.07) is 6.46. The molecule has 0 radical (unpaired) electrons. The fourth-order valence-corrected chi connectivity index (χ4v) is 1.26. The molecule has 1 aromatic carbocycles. The van der Waals surface area contributed by atoms with Crippen LogP contribution >= 0.6 is 0 Å². The minimum Gasteiger partial charge on any atom is -0.412 e. The molecule has 0 aliphatic rings. The molecule has 0 fully saturated rings. The maximum Gasteiger partial charge on any atom is 0.446 e. The number of aryl methyl sites for hydroxylation is 1. The van der Waals surface area contributed by atoms with Crippen LogP contribution in [0.15, 0.2) is 24.3 Å². The Morgan fingerprint density at radius 1 is 1.29 bits per heavy atom. The molecule has 0 aliphatic heterocycles. The van der Waals surface area contributed by atoms with Gasteiger partial charge in [0, 0.05) is 0 Å². The van der Waals surface area contributed by atoms with E-state index in [1.165, 1.54) is 12.1 Å². The van der Waals surface area contributed by atoms with Crippen LogP contribution in [0.3, 0.4) is 0 Å². The second-order valence-electron chi connectivity index (χ2n) is 2.51. The molecule has 0 spiro atoms. The largest absolute Gasteiger partial charge is 0.446 e. The van der Waals surface area contributed by atoms with Gasteiger partial charge < -0.3 is 9.66 Å². The standard InChI is InChI=1S/C8H10O4S.H2O/c1-2-7-3-5-8(6-4-7)12-13(9,10)11;/h3-6H,2H2,1H3,(H,9,10,11);1H2. The van der Waals surface area contributed by atoms with Crippen LogP contribution in [0, 0.1) is 0 Å². The summed E-state index contributed by atoms with van der Waals surface area (Å²) in [5.74, 6) is 0.111. The first-order valence-electron chi connectivity index (χ1n) is 3.77. The third-order valence-electron chi connectivity index (χ3n) is 1.53. The summed E-state index contributed by atoms with van der Waals surface area (Å²) in [7, 11) is -4.40. The average Bonchev–Trinajstić information content (AvgIpc) is 2.03. The van der Waals surface area contributed by atoms with E-state index in [2.05, 4.69) is 4.18 Å². The Bertz CT molecular complexity index is 367. The van der Waals surface area contributed by atoms with Crippen molar-refractivity contribution in [2.45, 2.75) is 13.3 Å². The normalized spacial score (nSPS) is 10.4. The molecule has 0 amide bonds. The Kier molecular flexibility index (Phi) is 4.55. The molecule has 0 saturated heterocycles. The van der Waals surface area contributed by atoms with E-state index in [0.29, 0.717) is 0 Å². The highest BCUT2D eigenvalue weighted by Gasteiger charge is 2.05. The summed E-state index contributed by atoms with van der Waals surface area (Å²) in [5, 5.41) is 0. The summed E-state index contributed by atoms with van der Waals surface area (Å²) in [4.78, 5) is 0. The molecule has 0 heterocycles. The minimum absolute atomic E-state index is 0. The monoisotopic (exact) mass is 220 g/mol. The Morgan fingerprint density at radius 2 is 1.79 bits per heavy atom. The van der Waals surface area contributed by atoms with E-state index >= 15 is 0 Å². The summed E-state index contributed by atoms with van der Waals surface area (Å²) in [6.45, 7) is 1.98. The van der Waals surface area contributed by atoms with Crippen LogP contribution in [0.4, 0.5) is 0 Å². The number of hydrogen-bond acceptors (Lipinski definition) is 3. The molecule has 1 aromatic rings. The van der Waals surface area contributed by atoms with Gasteiger partial charge in [-0.25, -0.2) is 0 Å². The van der Waals surface area contributed by atoms with E-state index in [-0.39, 0.29) is 11.2 Å². The van der Waals surface area contributed by atoms with Gasteiger partial charge in [-0.1, -0.05) is 19.1 Å². The fraction of sp³-hybridized carbons (Fsp3) is 0.250. The SMILES string of the molecule is CCc1ccc(OS(=O)(=O)O)cc1.O. The molecule has 5 nitrogen and oxygen atoms in total. The van der Waals surface area contributed by atoms with E-state index in [1.54, 1.807) is 12.1 Å². The van der Waals surface area contributed by atoms with Gasteiger partial charge in [0.2, 0.25) is 0 Å². The zero-order valence-electron chi connectivity index (χ0n) is 7.60. The van der Waals surface area contributed by atoms with Crippen molar-refractivity contribution in [1.29, 1.82) is 0 Å². The van der Waals surface area contributed by atoms with Gasteiger partial charge in [0.05, 0.1) is 0 Å². The van der Waals surface area contributed by atoms with Gasteiger partial charge in [-0.2, -0.15) is 8.42 Å². The summed E-state index contributed by atoms with van der Waals surface area (Å²) in [6.07, 6.45) is 0.867. The topological polar surface area (TPSA) is 95.1 Å². The van der Waals surface area contributed by atoms with Crippen LogP contribution in [0.5, 0.6) is 5.75 Å². The summed E-state index contributed by atoms with van der Waals surface area (Å²) < 4.78 is 33.2. The van der Waals surface area contributed by atoms with Crippen molar-refractivity contribution in [3.63, 3.8) is 0 Å². The number of rotatable bonds is 3. The lowest BCUT2D eigenvalue weighted by molar-refractivity contribution is 0.387. The highest BCUT2D eigenvalue weighted by Crippen LogP contribution is 2.13. The lowest BCUT2D eigenvalue weighted by Crippen LogP contribution is -2.06. The van der Waals surface area contributed by atoms with Crippen LogP contribution in [-0.4, -0.2) is 18.4 Å². The quantitative estimate of drug-likeness (QED) is 0.755. The smallest absolute Gasteiger partial charge is 0.412 e. The maximum absolute atomic E-state index is 10.3. The molecule has 80 valence electrons. The number of hydrogen-bond donors (Lipinski definition) is 1. The molecule has 0 saturated carbocycles. The number of benzene rings is 1. The molecule has 1 rings (SSSR count). The van der Waals surface area contributed by atoms with Crippen LogP contribution in [0.25, 0.3) is 0 Å². The van der Waals surface area contributed by atoms with Gasteiger partial charge in [0.15, 0.2) is 0 Å². The molecule has 0 bridgehead atoms. The van der Waals surface area contributed by atoms with Crippen molar-refractivity contribution in [3.8, 4) is 5.75 Å². The van der Waals surface area contributed by atoms with Crippen LogP contribution < -0.4 is 4.18 Å². The van der Waals surface area contributed by atoms with Crippen LogP contribution in [0.2, 0.25) is 0 Å². The Hall–Kier alpha value is -1.11. The van der Waals surface area contributed by atoms with E-state index in [0.717, 1.165) is 12.0 Å². The third kappa shape index (κ3) is 4.22. The van der Waals surface area contributed by atoms with Gasteiger partial charge in [-0.05, 0) is 24.1 Å². The van der Waals surface area contributed by atoms with Crippen molar-refractivity contribution in [2.24, 2.45) is 0 Å². The maximum atomic E-state index is 10.3. The van der Waals surface area contributed by atoms with Crippen LogP contribution in [-0.2, 0) is 16.8 Å².